The average Bonchev–Trinajstić information content (AvgIpc) is 2.97. The van der Waals surface area contributed by atoms with E-state index < -0.39 is 0 Å². The minimum absolute atomic E-state index is 0.0702. The molecule has 188 valence electrons. The minimum atomic E-state index is 0.0702. The molecule has 0 amide bonds. The SMILES string of the molecule is CCOc1nc(Sc2nc(OCC)c(C#N)c(-c3ccccc3)c2C#N)c(C#N)c(-c2ccccc2)c1C#N. The van der Waals surface area contributed by atoms with E-state index in [4.69, 9.17) is 9.47 Å². The Morgan fingerprint density at radius 2 is 0.949 bits per heavy atom. The third-order valence-electron chi connectivity index (χ3n) is 5.59. The van der Waals surface area contributed by atoms with E-state index in [0.717, 1.165) is 11.8 Å². The van der Waals surface area contributed by atoms with E-state index in [2.05, 4.69) is 34.2 Å². The summed E-state index contributed by atoms with van der Waals surface area (Å²) >= 11 is 0.980. The van der Waals surface area contributed by atoms with Crippen molar-refractivity contribution in [3.63, 3.8) is 0 Å². The van der Waals surface area contributed by atoms with Crippen LogP contribution in [0.4, 0.5) is 0 Å². The summed E-state index contributed by atoms with van der Waals surface area (Å²) in [5.41, 5.74) is 2.59. The lowest BCUT2D eigenvalue weighted by Crippen LogP contribution is -2.06. The summed E-state index contributed by atoms with van der Waals surface area (Å²) in [5, 5.41) is 40.9. The van der Waals surface area contributed by atoms with Crippen LogP contribution in [0, 0.1) is 45.3 Å². The lowest BCUT2D eigenvalue weighted by Gasteiger charge is -2.17. The summed E-state index contributed by atoms with van der Waals surface area (Å²) in [4.78, 5) is 9.04. The van der Waals surface area contributed by atoms with Crippen molar-refractivity contribution >= 4 is 11.8 Å². The van der Waals surface area contributed by atoms with Crippen LogP contribution in [0.2, 0.25) is 0 Å². The molecule has 0 bridgehead atoms. The van der Waals surface area contributed by atoms with Crippen LogP contribution in [0.25, 0.3) is 22.3 Å². The molecule has 0 spiro atoms. The molecule has 4 rings (SSSR count). The topological polar surface area (TPSA) is 139 Å². The molecule has 39 heavy (non-hydrogen) atoms. The number of aromatic nitrogens is 2. The summed E-state index contributed by atoms with van der Waals surface area (Å²) in [5.74, 6) is 0.140. The second-order valence-electron chi connectivity index (χ2n) is 7.84. The second-order valence-corrected chi connectivity index (χ2v) is 8.82. The summed E-state index contributed by atoms with van der Waals surface area (Å²) < 4.78 is 11.4. The van der Waals surface area contributed by atoms with Crippen LogP contribution in [0.1, 0.15) is 36.1 Å². The molecular weight excluding hydrogens is 508 g/mol. The van der Waals surface area contributed by atoms with E-state index in [-0.39, 0.29) is 57.3 Å². The molecule has 2 aromatic heterocycles. The average molecular weight is 529 g/mol. The van der Waals surface area contributed by atoms with Crippen LogP contribution in [-0.4, -0.2) is 23.2 Å². The van der Waals surface area contributed by atoms with E-state index in [0.29, 0.717) is 22.3 Å². The molecule has 2 heterocycles. The number of ether oxygens (including phenoxy) is 2. The van der Waals surface area contributed by atoms with Crippen LogP contribution < -0.4 is 9.47 Å². The van der Waals surface area contributed by atoms with Gasteiger partial charge in [-0.2, -0.15) is 21.0 Å². The van der Waals surface area contributed by atoms with Crippen molar-refractivity contribution in [1.82, 2.24) is 9.97 Å². The van der Waals surface area contributed by atoms with Gasteiger partial charge in [0.25, 0.3) is 0 Å². The number of hydrogen-bond donors (Lipinski definition) is 0. The molecule has 9 heteroatoms. The molecule has 0 aliphatic carbocycles. The molecule has 4 aromatic rings. The highest BCUT2D eigenvalue weighted by atomic mass is 32.2. The van der Waals surface area contributed by atoms with Gasteiger partial charge in [-0.1, -0.05) is 60.7 Å². The fourth-order valence-electron chi connectivity index (χ4n) is 4.01. The van der Waals surface area contributed by atoms with Crippen LogP contribution in [0.15, 0.2) is 70.7 Å². The van der Waals surface area contributed by atoms with Crippen LogP contribution in [-0.2, 0) is 0 Å². The quantitative estimate of drug-likeness (QED) is 0.260. The summed E-state index contributed by atoms with van der Waals surface area (Å²) in [7, 11) is 0. The standard InChI is InChI=1S/C30H20N6O2S/c1-3-37-27-21(15-31)25(19-11-7-5-8-12-19)23(17-33)29(35-27)39-30-24(18-34)26(20-13-9-6-10-14-20)22(16-32)28(36-30)38-4-2/h5-14H,3-4H2,1-2H3. The second kappa shape index (κ2) is 12.3. The third kappa shape index (κ3) is 5.22. The molecule has 0 atom stereocenters. The van der Waals surface area contributed by atoms with E-state index in [1.807, 2.05) is 36.4 Å². The number of rotatable bonds is 8. The first-order valence-electron chi connectivity index (χ1n) is 11.9. The van der Waals surface area contributed by atoms with Crippen molar-refractivity contribution in [2.45, 2.75) is 23.9 Å². The zero-order valence-electron chi connectivity index (χ0n) is 21.1. The zero-order chi connectivity index (χ0) is 27.8. The Morgan fingerprint density at radius 3 is 1.26 bits per heavy atom. The molecule has 0 saturated heterocycles. The molecule has 0 unspecified atom stereocenters. The molecule has 2 aromatic carbocycles. The van der Waals surface area contributed by atoms with Gasteiger partial charge in [-0.25, -0.2) is 9.97 Å². The van der Waals surface area contributed by atoms with Gasteiger partial charge in [-0.3, -0.25) is 0 Å². The maximum atomic E-state index is 10.3. The van der Waals surface area contributed by atoms with Gasteiger partial charge < -0.3 is 9.47 Å². The van der Waals surface area contributed by atoms with Crippen LogP contribution in [0.5, 0.6) is 11.8 Å². The maximum absolute atomic E-state index is 10.3. The maximum Gasteiger partial charge on any atom is 0.233 e. The van der Waals surface area contributed by atoms with E-state index >= 15 is 0 Å². The first-order valence-corrected chi connectivity index (χ1v) is 12.7. The summed E-state index contributed by atoms with van der Waals surface area (Å²) in [6.07, 6.45) is 0. The molecule has 0 N–H and O–H groups in total. The highest BCUT2D eigenvalue weighted by molar-refractivity contribution is 7.99. The van der Waals surface area contributed by atoms with Gasteiger partial charge in [0.1, 0.15) is 45.5 Å². The Hall–Kier alpha value is -5.35. The molecule has 0 radical (unpaired) electrons. The smallest absolute Gasteiger partial charge is 0.233 e. The Labute approximate surface area is 230 Å². The Bertz CT molecular complexity index is 1570. The normalized spacial score (nSPS) is 10.0. The first kappa shape index (κ1) is 26.7. The molecule has 8 nitrogen and oxygen atoms in total. The lowest BCUT2D eigenvalue weighted by atomic mass is 9.97. The number of hydrogen-bond acceptors (Lipinski definition) is 9. The Balaban J connectivity index is 2.04. The predicted octanol–water partition coefficient (Wildman–Crippen LogP) is 6.25. The minimum Gasteiger partial charge on any atom is -0.477 e. The van der Waals surface area contributed by atoms with Crippen molar-refractivity contribution in [3.8, 4) is 58.3 Å². The fourth-order valence-corrected chi connectivity index (χ4v) is 4.95. The molecule has 0 aliphatic rings. The number of nitriles is 4. The predicted molar refractivity (Wildman–Crippen MR) is 145 cm³/mol. The Kier molecular flexibility index (Phi) is 8.40. The number of benzene rings is 2. The highest BCUT2D eigenvalue weighted by Crippen LogP contribution is 2.43. The van der Waals surface area contributed by atoms with E-state index in [9.17, 15) is 21.0 Å². The highest BCUT2D eigenvalue weighted by Gasteiger charge is 2.27. The van der Waals surface area contributed by atoms with Crippen molar-refractivity contribution in [3.05, 3.63) is 82.9 Å². The van der Waals surface area contributed by atoms with E-state index in [1.165, 1.54) is 0 Å². The fraction of sp³-hybridized carbons (Fsp3) is 0.133. The lowest BCUT2D eigenvalue weighted by molar-refractivity contribution is 0.323. The number of pyridine rings is 2. The van der Waals surface area contributed by atoms with Gasteiger partial charge in [-0.05, 0) is 36.7 Å². The van der Waals surface area contributed by atoms with Gasteiger partial charge in [0.2, 0.25) is 11.8 Å². The van der Waals surface area contributed by atoms with Crippen molar-refractivity contribution < 1.29 is 9.47 Å². The molecular formula is C30H20N6O2S. The molecule has 0 aliphatic heterocycles. The van der Waals surface area contributed by atoms with Crippen molar-refractivity contribution in [1.29, 1.82) is 21.0 Å². The first-order chi connectivity index (χ1) is 19.1. The zero-order valence-corrected chi connectivity index (χ0v) is 21.9. The van der Waals surface area contributed by atoms with Gasteiger partial charge in [0.05, 0.1) is 24.3 Å². The summed E-state index contributed by atoms with van der Waals surface area (Å²) in [6.45, 7) is 4.03. The summed E-state index contributed by atoms with van der Waals surface area (Å²) in [6, 6.07) is 26.7. The van der Waals surface area contributed by atoms with E-state index in [1.54, 1.807) is 38.1 Å². The van der Waals surface area contributed by atoms with Gasteiger partial charge >= 0.3 is 0 Å². The van der Waals surface area contributed by atoms with Crippen LogP contribution >= 0.6 is 11.8 Å². The largest absolute Gasteiger partial charge is 0.477 e. The Morgan fingerprint density at radius 1 is 0.590 bits per heavy atom. The van der Waals surface area contributed by atoms with Crippen LogP contribution in [0.3, 0.4) is 0 Å². The third-order valence-corrected chi connectivity index (χ3v) is 6.57. The monoisotopic (exact) mass is 528 g/mol. The van der Waals surface area contributed by atoms with Crippen molar-refractivity contribution in [2.75, 3.05) is 13.2 Å². The van der Waals surface area contributed by atoms with Gasteiger partial charge in [0.15, 0.2) is 0 Å². The van der Waals surface area contributed by atoms with Gasteiger partial charge in [0, 0.05) is 11.1 Å². The van der Waals surface area contributed by atoms with Gasteiger partial charge in [-0.15, -0.1) is 0 Å². The van der Waals surface area contributed by atoms with Crippen molar-refractivity contribution in [2.24, 2.45) is 0 Å². The number of nitrogens with zero attached hydrogens (tertiary/aromatic N) is 6. The molecule has 0 fully saturated rings. The molecule has 0 saturated carbocycles.